The monoisotopic (exact) mass is 418 g/mol. The highest BCUT2D eigenvalue weighted by Gasteiger charge is 2.10. The van der Waals surface area contributed by atoms with E-state index >= 15 is 0 Å². The molecule has 0 aliphatic carbocycles. The highest BCUT2D eigenvalue weighted by Crippen LogP contribution is 2.05. The zero-order valence-electron chi connectivity index (χ0n) is 18.6. The Kier molecular flexibility index (Phi) is 20.6. The number of nitrogens with one attached hydrogen (secondary N) is 2. The summed E-state index contributed by atoms with van der Waals surface area (Å²) in [5, 5.41) is 6.02. The molecule has 0 aliphatic rings. The van der Waals surface area contributed by atoms with E-state index in [9.17, 15) is 9.59 Å². The second kappa shape index (κ2) is 21.5. The van der Waals surface area contributed by atoms with E-state index in [1.54, 1.807) is 14.2 Å². The molecular weight excluding hydrogens is 376 g/mol. The van der Waals surface area contributed by atoms with E-state index in [1.807, 2.05) is 0 Å². The van der Waals surface area contributed by atoms with E-state index in [2.05, 4.69) is 17.6 Å². The van der Waals surface area contributed by atoms with Gasteiger partial charge in [0.05, 0.1) is 26.4 Å². The molecule has 2 N–H and O–H groups in total. The SMILES string of the molecule is CCC(CCCCNC(=O)CCCOCCOC)NC(=O)CCCOCCOC. The van der Waals surface area contributed by atoms with Gasteiger partial charge in [-0.05, 0) is 38.5 Å². The second-order valence-corrected chi connectivity index (χ2v) is 6.94. The van der Waals surface area contributed by atoms with Crippen molar-refractivity contribution in [2.45, 2.75) is 64.3 Å². The molecule has 29 heavy (non-hydrogen) atoms. The summed E-state index contributed by atoms with van der Waals surface area (Å²) in [6.07, 6.45) is 6.12. The number of hydrogen-bond acceptors (Lipinski definition) is 6. The number of unbranched alkanes of at least 4 members (excludes halogenated alkanes) is 1. The normalized spacial score (nSPS) is 12.0. The predicted octanol–water partition coefficient (Wildman–Crippen LogP) is 2.05. The summed E-state index contributed by atoms with van der Waals surface area (Å²) in [5.41, 5.74) is 0. The van der Waals surface area contributed by atoms with Gasteiger partial charge in [0.2, 0.25) is 11.8 Å². The van der Waals surface area contributed by atoms with Crippen LogP contribution in [-0.2, 0) is 28.5 Å². The Hall–Kier alpha value is -1.22. The van der Waals surface area contributed by atoms with Crippen LogP contribution in [-0.4, -0.2) is 78.3 Å². The molecule has 0 saturated carbocycles. The van der Waals surface area contributed by atoms with E-state index in [-0.39, 0.29) is 17.9 Å². The van der Waals surface area contributed by atoms with Gasteiger partial charge in [-0.2, -0.15) is 0 Å². The molecule has 172 valence electrons. The Labute approximate surface area is 176 Å². The first kappa shape index (κ1) is 27.8. The maximum atomic E-state index is 12.0. The molecule has 2 amide bonds. The second-order valence-electron chi connectivity index (χ2n) is 6.94. The number of carbonyl (C=O) groups is 2. The Balaban J connectivity index is 3.59. The van der Waals surface area contributed by atoms with Crippen LogP contribution in [0.25, 0.3) is 0 Å². The molecule has 0 saturated heterocycles. The molecule has 0 spiro atoms. The van der Waals surface area contributed by atoms with Crippen LogP contribution in [0.4, 0.5) is 0 Å². The number of ether oxygens (including phenoxy) is 4. The average Bonchev–Trinajstić information content (AvgIpc) is 2.72. The fourth-order valence-corrected chi connectivity index (χ4v) is 2.67. The molecule has 1 unspecified atom stereocenters. The fraction of sp³-hybridized carbons (Fsp3) is 0.905. The first-order valence-corrected chi connectivity index (χ1v) is 10.8. The van der Waals surface area contributed by atoms with Crippen molar-refractivity contribution in [1.29, 1.82) is 0 Å². The average molecular weight is 419 g/mol. The van der Waals surface area contributed by atoms with Crippen molar-refractivity contribution < 1.29 is 28.5 Å². The Bertz CT molecular complexity index is 395. The lowest BCUT2D eigenvalue weighted by molar-refractivity contribution is -0.122. The van der Waals surface area contributed by atoms with Crippen molar-refractivity contribution in [3.05, 3.63) is 0 Å². The molecule has 0 aromatic heterocycles. The van der Waals surface area contributed by atoms with Crippen molar-refractivity contribution in [2.75, 3.05) is 60.4 Å². The van der Waals surface area contributed by atoms with Gasteiger partial charge in [0, 0.05) is 52.9 Å². The molecular formula is C21H42N2O6. The molecule has 1 atom stereocenters. The zero-order valence-corrected chi connectivity index (χ0v) is 18.6. The van der Waals surface area contributed by atoms with Crippen LogP contribution >= 0.6 is 0 Å². The van der Waals surface area contributed by atoms with Crippen LogP contribution in [0.2, 0.25) is 0 Å². The molecule has 0 fully saturated rings. The molecule has 0 heterocycles. The van der Waals surface area contributed by atoms with Gasteiger partial charge >= 0.3 is 0 Å². The number of hydrogen-bond donors (Lipinski definition) is 2. The lowest BCUT2D eigenvalue weighted by Crippen LogP contribution is -2.34. The van der Waals surface area contributed by atoms with Crippen molar-refractivity contribution in [1.82, 2.24) is 10.6 Å². The standard InChI is InChI=1S/C21H42N2O6/c1-4-19(23-21(25)11-8-14-29-18-16-27-3)9-5-6-12-22-20(24)10-7-13-28-17-15-26-2/h19H,4-18H2,1-3H3,(H,22,24)(H,23,25). The molecule has 0 aromatic carbocycles. The van der Waals surface area contributed by atoms with Gasteiger partial charge in [0.1, 0.15) is 0 Å². The maximum Gasteiger partial charge on any atom is 0.220 e. The van der Waals surface area contributed by atoms with E-state index < -0.39 is 0 Å². The lowest BCUT2D eigenvalue weighted by atomic mass is 10.1. The fourth-order valence-electron chi connectivity index (χ4n) is 2.67. The van der Waals surface area contributed by atoms with Crippen LogP contribution < -0.4 is 10.6 Å². The Morgan fingerprint density at radius 1 is 0.759 bits per heavy atom. The van der Waals surface area contributed by atoms with Crippen LogP contribution in [0, 0.1) is 0 Å². The maximum absolute atomic E-state index is 12.0. The van der Waals surface area contributed by atoms with E-state index in [1.165, 1.54) is 0 Å². The number of rotatable bonds is 21. The summed E-state index contributed by atoms with van der Waals surface area (Å²) in [4.78, 5) is 23.7. The summed E-state index contributed by atoms with van der Waals surface area (Å²) in [5.74, 6) is 0.140. The molecule has 8 nitrogen and oxygen atoms in total. The summed E-state index contributed by atoms with van der Waals surface area (Å²) in [6, 6.07) is 0.192. The minimum Gasteiger partial charge on any atom is -0.382 e. The van der Waals surface area contributed by atoms with E-state index in [0.29, 0.717) is 59.0 Å². The van der Waals surface area contributed by atoms with Crippen molar-refractivity contribution in [3.8, 4) is 0 Å². The van der Waals surface area contributed by atoms with Gasteiger partial charge in [0.15, 0.2) is 0 Å². The van der Waals surface area contributed by atoms with Gasteiger partial charge in [-0.15, -0.1) is 0 Å². The van der Waals surface area contributed by atoms with Gasteiger partial charge in [-0.25, -0.2) is 0 Å². The third-order valence-electron chi connectivity index (χ3n) is 4.41. The molecule has 0 bridgehead atoms. The van der Waals surface area contributed by atoms with Gasteiger partial charge in [0.25, 0.3) is 0 Å². The minimum absolute atomic E-state index is 0.0633. The first-order valence-electron chi connectivity index (χ1n) is 10.8. The van der Waals surface area contributed by atoms with E-state index in [4.69, 9.17) is 18.9 Å². The molecule has 8 heteroatoms. The van der Waals surface area contributed by atoms with E-state index in [0.717, 1.165) is 38.5 Å². The number of carbonyl (C=O) groups excluding carboxylic acids is 2. The summed E-state index contributed by atoms with van der Waals surface area (Å²) in [6.45, 7) is 6.19. The molecule has 0 aromatic rings. The quantitative estimate of drug-likeness (QED) is 0.277. The third-order valence-corrected chi connectivity index (χ3v) is 4.41. The summed E-state index contributed by atoms with van der Waals surface area (Å²) in [7, 11) is 3.27. The summed E-state index contributed by atoms with van der Waals surface area (Å²) >= 11 is 0. The van der Waals surface area contributed by atoms with Crippen LogP contribution in [0.1, 0.15) is 58.3 Å². The highest BCUT2D eigenvalue weighted by molar-refractivity contribution is 5.76. The minimum atomic E-state index is 0.0633. The Morgan fingerprint density at radius 3 is 1.90 bits per heavy atom. The summed E-state index contributed by atoms with van der Waals surface area (Å²) < 4.78 is 20.5. The predicted molar refractivity (Wildman–Crippen MR) is 113 cm³/mol. The van der Waals surface area contributed by atoms with Crippen LogP contribution in [0.5, 0.6) is 0 Å². The molecule has 0 aliphatic heterocycles. The Morgan fingerprint density at radius 2 is 1.34 bits per heavy atom. The molecule has 0 radical (unpaired) electrons. The highest BCUT2D eigenvalue weighted by atomic mass is 16.5. The topological polar surface area (TPSA) is 95.1 Å². The van der Waals surface area contributed by atoms with Crippen LogP contribution in [0.15, 0.2) is 0 Å². The lowest BCUT2D eigenvalue weighted by Gasteiger charge is -2.17. The van der Waals surface area contributed by atoms with Gasteiger partial charge in [-0.1, -0.05) is 6.92 Å². The first-order chi connectivity index (χ1) is 14.1. The van der Waals surface area contributed by atoms with Crippen molar-refractivity contribution >= 4 is 11.8 Å². The van der Waals surface area contributed by atoms with Gasteiger partial charge in [-0.3, -0.25) is 9.59 Å². The molecule has 0 rings (SSSR count). The number of amides is 2. The number of methoxy groups -OCH3 is 2. The van der Waals surface area contributed by atoms with Crippen LogP contribution in [0.3, 0.4) is 0 Å². The smallest absolute Gasteiger partial charge is 0.220 e. The van der Waals surface area contributed by atoms with Crippen molar-refractivity contribution in [3.63, 3.8) is 0 Å². The third kappa shape index (κ3) is 19.9. The van der Waals surface area contributed by atoms with Gasteiger partial charge < -0.3 is 29.6 Å². The largest absolute Gasteiger partial charge is 0.382 e. The zero-order chi connectivity index (χ0) is 21.6. The van der Waals surface area contributed by atoms with Crippen molar-refractivity contribution in [2.24, 2.45) is 0 Å².